The Bertz CT molecular complexity index is 1160. The van der Waals surface area contributed by atoms with Gasteiger partial charge in [-0.05, 0) is 12.5 Å². The van der Waals surface area contributed by atoms with Crippen molar-refractivity contribution in [1.29, 1.82) is 0 Å². The molecule has 3 N–H and O–H groups in total. The number of benzene rings is 2. The quantitative estimate of drug-likeness (QED) is 0.507. The lowest BCUT2D eigenvalue weighted by Crippen LogP contribution is -2.48. The monoisotopic (exact) mass is 544 g/mol. The van der Waals surface area contributed by atoms with Crippen molar-refractivity contribution < 1.29 is 40.7 Å². The first-order chi connectivity index (χ1) is 17.6. The number of nitrogens with one attached hydrogen (secondary N) is 1. The molecule has 1 aliphatic heterocycles. The molecule has 0 bridgehead atoms. The number of amides is 3. The van der Waals surface area contributed by atoms with Gasteiger partial charge in [0.1, 0.15) is 0 Å². The number of anilines is 1. The van der Waals surface area contributed by atoms with E-state index in [1.807, 2.05) is 6.07 Å². The molecule has 0 fully saturated rings. The number of fused-ring (bicyclic) bond motifs is 1. The summed E-state index contributed by atoms with van der Waals surface area (Å²) in [5.74, 6) is -3.73. The van der Waals surface area contributed by atoms with E-state index in [0.29, 0.717) is 22.5 Å². The maximum atomic E-state index is 13.1. The van der Waals surface area contributed by atoms with Crippen LogP contribution in [0.25, 0.3) is 0 Å². The van der Waals surface area contributed by atoms with Gasteiger partial charge in [0.25, 0.3) is 5.91 Å². The van der Waals surface area contributed by atoms with Gasteiger partial charge in [0.05, 0.1) is 11.4 Å². The zero-order valence-electron chi connectivity index (χ0n) is 20.4. The topological polar surface area (TPSA) is 105 Å². The summed E-state index contributed by atoms with van der Waals surface area (Å²) in [4.78, 5) is 43.1. The third-order valence-electron chi connectivity index (χ3n) is 5.26. The van der Waals surface area contributed by atoms with Crippen molar-refractivity contribution in [3.63, 3.8) is 0 Å². The van der Waals surface area contributed by atoms with Crippen LogP contribution in [0.4, 0.5) is 32.0 Å². The van der Waals surface area contributed by atoms with Gasteiger partial charge in [0.15, 0.2) is 0 Å². The number of likely N-dealkylation sites (N-methyl/N-ethyl adjacent to an activating group) is 1. The number of primary amides is 1. The van der Waals surface area contributed by atoms with Crippen LogP contribution >= 0.6 is 0 Å². The number of alkyl halides is 6. The van der Waals surface area contributed by atoms with Crippen LogP contribution in [0.2, 0.25) is 0 Å². The third-order valence-corrected chi connectivity index (χ3v) is 5.26. The minimum absolute atomic E-state index is 0.188. The SMILES string of the molecule is CC(F)(F)F.CN1C(=O)C(NC(=O)C(CCC(F)(F)F)CC(N)=O)N=C(c2ccccc2)c2ccccc21. The molecule has 1 heterocycles. The predicted octanol–water partition coefficient (Wildman–Crippen LogP) is 4.35. The Morgan fingerprint density at radius 3 is 2.13 bits per heavy atom. The molecule has 0 aliphatic carbocycles. The second-order valence-electron chi connectivity index (χ2n) is 8.47. The molecule has 0 radical (unpaired) electrons. The van der Waals surface area contributed by atoms with E-state index >= 15 is 0 Å². The Morgan fingerprint density at radius 1 is 1.03 bits per heavy atom. The van der Waals surface area contributed by atoms with Crippen LogP contribution in [0.3, 0.4) is 0 Å². The van der Waals surface area contributed by atoms with E-state index in [2.05, 4.69) is 10.3 Å². The van der Waals surface area contributed by atoms with E-state index in [4.69, 9.17) is 5.73 Å². The van der Waals surface area contributed by atoms with Gasteiger partial charge in [-0.25, -0.2) is 4.99 Å². The Balaban J connectivity index is 0.000000926. The van der Waals surface area contributed by atoms with Gasteiger partial charge in [0.2, 0.25) is 18.0 Å². The number of hydrogen-bond donors (Lipinski definition) is 2. The van der Waals surface area contributed by atoms with Crippen molar-refractivity contribution in [3.05, 3.63) is 65.7 Å². The van der Waals surface area contributed by atoms with Gasteiger partial charge in [0, 0.05) is 43.9 Å². The molecule has 2 unspecified atom stereocenters. The third kappa shape index (κ3) is 9.52. The summed E-state index contributed by atoms with van der Waals surface area (Å²) in [6.07, 6.45) is -12.4. The summed E-state index contributed by atoms with van der Waals surface area (Å²) in [6.45, 7) is 0.188. The van der Waals surface area contributed by atoms with E-state index in [9.17, 15) is 40.7 Å². The molecule has 3 rings (SSSR count). The first kappa shape index (κ1) is 30.3. The molecule has 13 heteroatoms. The highest BCUT2D eigenvalue weighted by atomic mass is 19.4. The van der Waals surface area contributed by atoms with Crippen LogP contribution in [0.5, 0.6) is 0 Å². The van der Waals surface area contributed by atoms with Gasteiger partial charge in [-0.3, -0.25) is 14.4 Å². The molecule has 2 aromatic rings. The minimum atomic E-state index is -4.51. The molecule has 2 atom stereocenters. The van der Waals surface area contributed by atoms with Gasteiger partial charge in [-0.2, -0.15) is 26.3 Å². The van der Waals surface area contributed by atoms with E-state index < -0.39 is 61.4 Å². The van der Waals surface area contributed by atoms with Crippen molar-refractivity contribution in [2.75, 3.05) is 11.9 Å². The summed E-state index contributed by atoms with van der Waals surface area (Å²) in [6, 6.07) is 16.1. The Hall–Kier alpha value is -3.90. The first-order valence-corrected chi connectivity index (χ1v) is 11.3. The first-order valence-electron chi connectivity index (χ1n) is 11.3. The fourth-order valence-corrected chi connectivity index (χ4v) is 3.60. The molecule has 0 spiro atoms. The lowest BCUT2D eigenvalue weighted by atomic mass is 9.97. The molecule has 206 valence electrons. The van der Waals surface area contributed by atoms with Crippen molar-refractivity contribution in [3.8, 4) is 0 Å². The van der Waals surface area contributed by atoms with Crippen molar-refractivity contribution in [2.45, 2.75) is 44.7 Å². The molecule has 2 aromatic carbocycles. The molecule has 1 aliphatic rings. The number of halogens is 6. The molecule has 3 amide bonds. The average molecular weight is 544 g/mol. The Labute approximate surface area is 214 Å². The number of carbonyl (C=O) groups is 3. The summed E-state index contributed by atoms with van der Waals surface area (Å²) in [7, 11) is 1.52. The van der Waals surface area contributed by atoms with E-state index in [0.717, 1.165) is 0 Å². The average Bonchev–Trinajstić information content (AvgIpc) is 2.91. The van der Waals surface area contributed by atoms with E-state index in [1.54, 1.807) is 48.5 Å². The molecular weight excluding hydrogens is 518 g/mol. The number of rotatable bonds is 7. The lowest BCUT2D eigenvalue weighted by Gasteiger charge is -2.23. The maximum Gasteiger partial charge on any atom is 0.389 e. The van der Waals surface area contributed by atoms with Crippen molar-refractivity contribution >= 4 is 29.1 Å². The number of para-hydroxylation sites is 1. The number of nitrogens with two attached hydrogens (primary N) is 1. The zero-order valence-corrected chi connectivity index (χ0v) is 20.4. The molecule has 7 nitrogen and oxygen atoms in total. The van der Waals surface area contributed by atoms with Gasteiger partial charge < -0.3 is 16.0 Å². The van der Waals surface area contributed by atoms with Gasteiger partial charge >= 0.3 is 12.4 Å². The molecule has 0 saturated carbocycles. The number of nitrogens with zero attached hydrogens (tertiary/aromatic N) is 2. The number of benzodiazepines with no additional fused rings is 1. The molecule has 0 aromatic heterocycles. The second-order valence-corrected chi connectivity index (χ2v) is 8.47. The van der Waals surface area contributed by atoms with Gasteiger partial charge in [-0.1, -0.05) is 48.5 Å². The largest absolute Gasteiger partial charge is 0.389 e. The van der Waals surface area contributed by atoms with E-state index in [1.165, 1.54) is 11.9 Å². The Kier molecular flexibility index (Phi) is 10.0. The fraction of sp³-hybridized carbons (Fsp3) is 0.360. The zero-order chi connectivity index (χ0) is 28.7. The van der Waals surface area contributed by atoms with Crippen molar-refractivity contribution in [1.82, 2.24) is 5.32 Å². The minimum Gasteiger partial charge on any atom is -0.370 e. The highest BCUT2D eigenvalue weighted by molar-refractivity contribution is 6.20. The van der Waals surface area contributed by atoms with Crippen LogP contribution < -0.4 is 16.0 Å². The highest BCUT2D eigenvalue weighted by Gasteiger charge is 2.35. The Morgan fingerprint density at radius 2 is 1.58 bits per heavy atom. The van der Waals surface area contributed by atoms with Crippen LogP contribution in [-0.4, -0.2) is 49.0 Å². The highest BCUT2D eigenvalue weighted by Crippen LogP contribution is 2.28. The normalized spacial score (nSPS) is 16.3. The fourth-order valence-electron chi connectivity index (χ4n) is 3.60. The molecular formula is C25H26F6N4O3. The van der Waals surface area contributed by atoms with E-state index in [-0.39, 0.29) is 6.92 Å². The summed E-state index contributed by atoms with van der Waals surface area (Å²) in [5, 5.41) is 2.42. The maximum absolute atomic E-state index is 13.1. The standard InChI is InChI=1S/C23H23F3N4O3.C2H3F3/c1-30-17-10-6-5-9-16(17)19(14-7-3-2-4-8-14)28-20(22(30)33)29-21(32)15(13-18(27)31)11-12-23(24,25)26;1-2(3,4)5/h2-10,15,20H,11-13H2,1H3,(H2,27,31)(H,29,32);1H3. The number of carbonyl (C=O) groups excluding carboxylic acids is 3. The van der Waals surface area contributed by atoms with Crippen LogP contribution in [-0.2, 0) is 14.4 Å². The second kappa shape index (κ2) is 12.6. The summed E-state index contributed by atoms with van der Waals surface area (Å²) >= 11 is 0. The smallest absolute Gasteiger partial charge is 0.370 e. The summed E-state index contributed by atoms with van der Waals surface area (Å²) < 4.78 is 69.2. The van der Waals surface area contributed by atoms with Gasteiger partial charge in [-0.15, -0.1) is 0 Å². The van der Waals surface area contributed by atoms with Crippen molar-refractivity contribution in [2.24, 2.45) is 16.6 Å². The number of aliphatic imine (C=N–C) groups is 1. The molecule has 0 saturated heterocycles. The number of hydrogen-bond acceptors (Lipinski definition) is 4. The molecule has 38 heavy (non-hydrogen) atoms. The predicted molar refractivity (Wildman–Crippen MR) is 128 cm³/mol. The summed E-state index contributed by atoms with van der Waals surface area (Å²) in [5.41, 5.74) is 7.48. The lowest BCUT2D eigenvalue weighted by molar-refractivity contribution is -0.143. The van der Waals surface area contributed by atoms with Crippen LogP contribution in [0.1, 0.15) is 37.3 Å². The van der Waals surface area contributed by atoms with Crippen LogP contribution in [0, 0.1) is 5.92 Å². The van der Waals surface area contributed by atoms with Crippen LogP contribution in [0.15, 0.2) is 59.6 Å².